The summed E-state index contributed by atoms with van der Waals surface area (Å²) in [4.78, 5) is 18.1. The number of rotatable bonds is 4. The molecule has 0 unspecified atom stereocenters. The largest absolute Gasteiger partial charge is 0.377 e. The average Bonchev–Trinajstić information content (AvgIpc) is 2.87. The monoisotopic (exact) mass is 414 g/mol. The van der Waals surface area contributed by atoms with E-state index < -0.39 is 5.56 Å². The lowest BCUT2D eigenvalue weighted by atomic mass is 10.3. The Morgan fingerprint density at radius 1 is 1.24 bits per heavy atom. The lowest BCUT2D eigenvalue weighted by Gasteiger charge is -2.11. The van der Waals surface area contributed by atoms with Gasteiger partial charge < -0.3 is 5.32 Å². The van der Waals surface area contributed by atoms with Crippen LogP contribution < -0.4 is 10.9 Å². The van der Waals surface area contributed by atoms with Crippen LogP contribution >= 0.6 is 46.1 Å². The van der Waals surface area contributed by atoms with Crippen LogP contribution in [0.2, 0.25) is 15.1 Å². The van der Waals surface area contributed by atoms with Crippen molar-refractivity contribution in [2.45, 2.75) is 20.4 Å². The van der Waals surface area contributed by atoms with E-state index in [1.165, 1.54) is 6.20 Å². The topological polar surface area (TPSA) is 59.8 Å². The van der Waals surface area contributed by atoms with Crippen molar-refractivity contribution in [3.05, 3.63) is 65.4 Å². The molecule has 5 nitrogen and oxygen atoms in total. The molecule has 9 heteroatoms. The zero-order chi connectivity index (χ0) is 18.1. The summed E-state index contributed by atoms with van der Waals surface area (Å²) in [6, 6.07) is 4.79. The van der Waals surface area contributed by atoms with Crippen LogP contribution in [0.1, 0.15) is 15.6 Å². The second-order valence-electron chi connectivity index (χ2n) is 5.27. The maximum atomic E-state index is 12.5. The van der Waals surface area contributed by atoms with Crippen molar-refractivity contribution in [2.24, 2.45) is 0 Å². The Bertz CT molecular complexity index is 1000. The number of aryl methyl sites for hydroxylation is 2. The minimum atomic E-state index is -0.470. The second kappa shape index (κ2) is 7.33. The summed E-state index contributed by atoms with van der Waals surface area (Å²) in [5, 5.41) is 9.07. The molecule has 0 amide bonds. The maximum Gasteiger partial charge on any atom is 0.292 e. The van der Waals surface area contributed by atoms with E-state index in [9.17, 15) is 4.79 Å². The van der Waals surface area contributed by atoms with E-state index in [0.29, 0.717) is 28.0 Å². The van der Waals surface area contributed by atoms with E-state index in [-0.39, 0.29) is 5.02 Å². The van der Waals surface area contributed by atoms with Crippen molar-refractivity contribution in [1.82, 2.24) is 14.8 Å². The third-order valence-corrected chi connectivity index (χ3v) is 5.33. The number of nitrogens with one attached hydrogen (secondary N) is 1. The molecule has 130 valence electrons. The molecule has 0 aliphatic heterocycles. The van der Waals surface area contributed by atoms with Crippen LogP contribution in [0.5, 0.6) is 0 Å². The number of hydrogen-bond acceptors (Lipinski definition) is 5. The van der Waals surface area contributed by atoms with Gasteiger partial charge in [-0.1, -0.05) is 34.8 Å². The first-order chi connectivity index (χ1) is 11.9. The van der Waals surface area contributed by atoms with E-state index in [1.807, 2.05) is 13.8 Å². The average molecular weight is 416 g/mol. The molecule has 0 saturated carbocycles. The van der Waals surface area contributed by atoms with Crippen LogP contribution in [0.15, 0.2) is 29.2 Å². The van der Waals surface area contributed by atoms with Crippen LogP contribution in [-0.4, -0.2) is 14.8 Å². The number of aromatic nitrogens is 3. The molecule has 0 aliphatic rings. The smallest absolute Gasteiger partial charge is 0.292 e. The summed E-state index contributed by atoms with van der Waals surface area (Å²) in [6.45, 7) is 4.41. The van der Waals surface area contributed by atoms with Gasteiger partial charge in [0.1, 0.15) is 5.02 Å². The molecule has 1 aromatic carbocycles. The van der Waals surface area contributed by atoms with Crippen LogP contribution in [0.25, 0.3) is 5.69 Å². The zero-order valence-corrected chi connectivity index (χ0v) is 16.4. The molecule has 0 aliphatic carbocycles. The molecule has 0 spiro atoms. The van der Waals surface area contributed by atoms with Gasteiger partial charge in [-0.05, 0) is 32.0 Å². The van der Waals surface area contributed by atoms with Crippen molar-refractivity contribution in [2.75, 3.05) is 5.32 Å². The first kappa shape index (κ1) is 18.2. The quantitative estimate of drug-likeness (QED) is 0.660. The number of benzene rings is 1. The Morgan fingerprint density at radius 3 is 2.64 bits per heavy atom. The molecule has 1 N–H and O–H groups in total. The summed E-state index contributed by atoms with van der Waals surface area (Å²) in [5.74, 6) is 0. The van der Waals surface area contributed by atoms with E-state index >= 15 is 0 Å². The number of hydrogen-bond donors (Lipinski definition) is 1. The maximum absolute atomic E-state index is 12.5. The molecule has 3 aromatic rings. The van der Waals surface area contributed by atoms with Gasteiger partial charge >= 0.3 is 0 Å². The van der Waals surface area contributed by atoms with Crippen molar-refractivity contribution in [1.29, 1.82) is 0 Å². The highest BCUT2D eigenvalue weighted by atomic mass is 35.5. The third-order valence-electron chi connectivity index (χ3n) is 3.50. The lowest BCUT2D eigenvalue weighted by molar-refractivity contribution is 0.807. The fourth-order valence-corrected chi connectivity index (χ4v) is 3.81. The fraction of sp³-hybridized carbons (Fsp3) is 0.188. The number of thiazole rings is 1. The van der Waals surface area contributed by atoms with Gasteiger partial charge in [0.15, 0.2) is 0 Å². The van der Waals surface area contributed by atoms with Gasteiger partial charge in [0.2, 0.25) is 0 Å². The van der Waals surface area contributed by atoms with Gasteiger partial charge in [-0.25, -0.2) is 4.98 Å². The number of anilines is 1. The van der Waals surface area contributed by atoms with Gasteiger partial charge in [0.05, 0.1) is 39.8 Å². The zero-order valence-electron chi connectivity index (χ0n) is 13.3. The van der Waals surface area contributed by atoms with Crippen molar-refractivity contribution in [3.63, 3.8) is 0 Å². The predicted octanol–water partition coefficient (Wildman–Crippen LogP) is 4.88. The third kappa shape index (κ3) is 3.82. The first-order valence-electron chi connectivity index (χ1n) is 7.27. The highest BCUT2D eigenvalue weighted by Gasteiger charge is 2.14. The summed E-state index contributed by atoms with van der Waals surface area (Å²) in [5.41, 5.74) is 1.30. The molecule has 0 saturated heterocycles. The Hall–Kier alpha value is -1.60. The van der Waals surface area contributed by atoms with E-state index in [0.717, 1.165) is 20.3 Å². The molecule has 0 fully saturated rings. The lowest BCUT2D eigenvalue weighted by Crippen LogP contribution is -2.23. The molecular weight excluding hydrogens is 403 g/mol. The Balaban J connectivity index is 1.90. The second-order valence-corrected chi connectivity index (χ2v) is 7.90. The number of nitrogens with zero attached hydrogens (tertiary/aromatic N) is 3. The van der Waals surface area contributed by atoms with Crippen molar-refractivity contribution >= 4 is 51.8 Å². The summed E-state index contributed by atoms with van der Waals surface area (Å²) >= 11 is 19.9. The van der Waals surface area contributed by atoms with Crippen molar-refractivity contribution < 1.29 is 0 Å². The Labute approximate surface area is 163 Å². The first-order valence-corrected chi connectivity index (χ1v) is 9.22. The minimum Gasteiger partial charge on any atom is -0.377 e. The fourth-order valence-electron chi connectivity index (χ4n) is 2.30. The SMILES string of the molecule is Cc1nc(CNc2cnn(-c3ccc(Cl)cc3Cl)c(=O)c2Cl)c(C)s1. The van der Waals surface area contributed by atoms with Crippen LogP contribution in [0.3, 0.4) is 0 Å². The molecule has 25 heavy (non-hydrogen) atoms. The van der Waals surface area contributed by atoms with Gasteiger partial charge in [-0.2, -0.15) is 9.78 Å². The standard InChI is InChI=1S/C16H13Cl3N4OS/c1-8-12(22-9(2)25-8)6-20-13-7-21-23(16(24)15(13)19)14-4-3-10(17)5-11(14)18/h3-5,7,20H,6H2,1-2H3. The highest BCUT2D eigenvalue weighted by molar-refractivity contribution is 7.11. The molecular formula is C16H13Cl3N4OS. The van der Waals surface area contributed by atoms with Crippen molar-refractivity contribution in [3.8, 4) is 5.69 Å². The Morgan fingerprint density at radius 2 is 2.00 bits per heavy atom. The molecule has 0 atom stereocenters. The predicted molar refractivity (Wildman–Crippen MR) is 104 cm³/mol. The Kier molecular flexibility index (Phi) is 5.34. The summed E-state index contributed by atoms with van der Waals surface area (Å²) in [7, 11) is 0. The molecule has 2 aromatic heterocycles. The van der Waals surface area contributed by atoms with Gasteiger partial charge in [0, 0.05) is 9.90 Å². The minimum absolute atomic E-state index is 0.0330. The van der Waals surface area contributed by atoms with E-state index in [1.54, 1.807) is 29.5 Å². The summed E-state index contributed by atoms with van der Waals surface area (Å²) < 4.78 is 1.14. The van der Waals surface area contributed by atoms with Crippen LogP contribution in [0.4, 0.5) is 5.69 Å². The molecule has 0 radical (unpaired) electrons. The normalized spacial score (nSPS) is 10.9. The van der Waals surface area contributed by atoms with E-state index in [4.69, 9.17) is 34.8 Å². The van der Waals surface area contributed by atoms with Crippen LogP contribution in [0, 0.1) is 13.8 Å². The van der Waals surface area contributed by atoms with Gasteiger partial charge in [-0.15, -0.1) is 11.3 Å². The van der Waals surface area contributed by atoms with Gasteiger partial charge in [-0.3, -0.25) is 4.79 Å². The molecule has 0 bridgehead atoms. The van der Waals surface area contributed by atoms with Gasteiger partial charge in [0.25, 0.3) is 5.56 Å². The molecule has 2 heterocycles. The molecule has 3 rings (SSSR count). The van der Waals surface area contributed by atoms with E-state index in [2.05, 4.69) is 15.4 Å². The van der Waals surface area contributed by atoms with Crippen LogP contribution in [-0.2, 0) is 6.54 Å². The number of halogens is 3. The summed E-state index contributed by atoms with van der Waals surface area (Å²) in [6.07, 6.45) is 1.49. The highest BCUT2D eigenvalue weighted by Crippen LogP contribution is 2.25.